The molecule has 28 heavy (non-hydrogen) atoms. The summed E-state index contributed by atoms with van der Waals surface area (Å²) in [6, 6.07) is 12.2. The molecule has 1 aliphatic rings. The Hall–Kier alpha value is -2.54. The number of nitrogens with zero attached hydrogens (tertiary/aromatic N) is 3. The van der Waals surface area contributed by atoms with Crippen molar-refractivity contribution in [2.75, 3.05) is 27.3 Å². The number of halogens is 2. The molecule has 0 radical (unpaired) electrons. The summed E-state index contributed by atoms with van der Waals surface area (Å²) < 4.78 is 25.1. The Morgan fingerprint density at radius 2 is 1.96 bits per heavy atom. The molecule has 0 aromatic heterocycles. The van der Waals surface area contributed by atoms with Crippen LogP contribution in [0.4, 0.5) is 4.39 Å². The highest BCUT2D eigenvalue weighted by Crippen LogP contribution is 2.31. The predicted molar refractivity (Wildman–Crippen MR) is 116 cm³/mol. The zero-order chi connectivity index (χ0) is 19.2. The van der Waals surface area contributed by atoms with E-state index in [1.165, 1.54) is 18.2 Å². The number of aliphatic imine (C=N–C) groups is 1. The second-order valence-electron chi connectivity index (χ2n) is 6.15. The van der Waals surface area contributed by atoms with Gasteiger partial charge >= 0.3 is 0 Å². The molecule has 0 fully saturated rings. The van der Waals surface area contributed by atoms with Crippen molar-refractivity contribution in [3.63, 3.8) is 0 Å². The maximum absolute atomic E-state index is 13.9. The van der Waals surface area contributed by atoms with E-state index in [0.29, 0.717) is 36.8 Å². The Bertz CT molecular complexity index is 898. The van der Waals surface area contributed by atoms with Crippen molar-refractivity contribution < 1.29 is 13.9 Å². The highest BCUT2D eigenvalue weighted by Gasteiger charge is 2.14. The van der Waals surface area contributed by atoms with E-state index in [1.807, 2.05) is 36.2 Å². The van der Waals surface area contributed by atoms with Gasteiger partial charge in [0.15, 0.2) is 17.5 Å². The van der Waals surface area contributed by atoms with E-state index >= 15 is 0 Å². The van der Waals surface area contributed by atoms with Crippen LogP contribution in [0.25, 0.3) is 0 Å². The Labute approximate surface area is 181 Å². The quantitative estimate of drug-likeness (QED) is 0.400. The van der Waals surface area contributed by atoms with Gasteiger partial charge in [0.25, 0.3) is 0 Å². The summed E-state index contributed by atoms with van der Waals surface area (Å²) >= 11 is 0. The second kappa shape index (κ2) is 10.1. The summed E-state index contributed by atoms with van der Waals surface area (Å²) in [6.07, 6.45) is 0. The van der Waals surface area contributed by atoms with Gasteiger partial charge in [0, 0.05) is 32.7 Å². The second-order valence-corrected chi connectivity index (χ2v) is 6.15. The number of hydrogen-bond acceptors (Lipinski definition) is 4. The summed E-state index contributed by atoms with van der Waals surface area (Å²) in [5.41, 5.74) is 1.89. The SMILES string of the molecule is CN=C(NCc1cc(C#N)ccc1F)N(C)Cc1ccc2c(c1)OCCO2.I. The van der Waals surface area contributed by atoms with E-state index in [4.69, 9.17) is 14.7 Å². The summed E-state index contributed by atoms with van der Waals surface area (Å²) in [5, 5.41) is 12.1. The van der Waals surface area contributed by atoms with E-state index in [9.17, 15) is 4.39 Å². The van der Waals surface area contributed by atoms with Crippen LogP contribution in [0.1, 0.15) is 16.7 Å². The molecule has 6 nitrogen and oxygen atoms in total. The van der Waals surface area contributed by atoms with Crippen molar-refractivity contribution in [2.45, 2.75) is 13.1 Å². The largest absolute Gasteiger partial charge is 0.486 e. The van der Waals surface area contributed by atoms with E-state index in [-0.39, 0.29) is 36.3 Å². The number of guanidine groups is 1. The average molecular weight is 496 g/mol. The predicted octanol–water partition coefficient (Wildman–Crippen LogP) is 3.29. The van der Waals surface area contributed by atoms with Crippen LogP contribution < -0.4 is 14.8 Å². The minimum atomic E-state index is -0.355. The minimum absolute atomic E-state index is 0. The molecule has 1 N–H and O–H groups in total. The first-order valence-corrected chi connectivity index (χ1v) is 8.59. The fourth-order valence-electron chi connectivity index (χ4n) is 2.87. The van der Waals surface area contributed by atoms with Gasteiger partial charge in [-0.3, -0.25) is 4.99 Å². The maximum atomic E-state index is 13.9. The first kappa shape index (κ1) is 21.8. The van der Waals surface area contributed by atoms with Crippen LogP contribution in [-0.4, -0.2) is 38.2 Å². The van der Waals surface area contributed by atoms with Crippen LogP contribution in [0.15, 0.2) is 41.4 Å². The van der Waals surface area contributed by atoms with Gasteiger partial charge in [-0.1, -0.05) is 6.07 Å². The van der Waals surface area contributed by atoms with Crippen molar-refractivity contribution in [1.29, 1.82) is 5.26 Å². The summed E-state index contributed by atoms with van der Waals surface area (Å²) in [7, 11) is 3.57. The molecule has 0 amide bonds. The molecule has 148 valence electrons. The van der Waals surface area contributed by atoms with Crippen molar-refractivity contribution in [3.8, 4) is 17.6 Å². The fourth-order valence-corrected chi connectivity index (χ4v) is 2.87. The average Bonchev–Trinajstić information content (AvgIpc) is 2.69. The zero-order valence-corrected chi connectivity index (χ0v) is 18.1. The molecular formula is C20H22FIN4O2. The molecule has 1 aliphatic heterocycles. The molecule has 0 aliphatic carbocycles. The van der Waals surface area contributed by atoms with E-state index in [1.54, 1.807) is 7.05 Å². The molecule has 0 spiro atoms. The molecule has 0 saturated carbocycles. The monoisotopic (exact) mass is 496 g/mol. The normalized spacial score (nSPS) is 12.6. The Morgan fingerprint density at radius 1 is 1.21 bits per heavy atom. The molecule has 0 saturated heterocycles. The van der Waals surface area contributed by atoms with Crippen molar-refractivity contribution >= 4 is 29.9 Å². The van der Waals surface area contributed by atoms with E-state index < -0.39 is 0 Å². The van der Waals surface area contributed by atoms with Crippen LogP contribution in [-0.2, 0) is 13.1 Å². The van der Waals surface area contributed by atoms with Crippen LogP contribution in [0.3, 0.4) is 0 Å². The smallest absolute Gasteiger partial charge is 0.193 e. The number of fused-ring (bicyclic) bond motifs is 1. The van der Waals surface area contributed by atoms with Gasteiger partial charge < -0.3 is 19.7 Å². The van der Waals surface area contributed by atoms with Crippen LogP contribution in [0, 0.1) is 17.1 Å². The third-order valence-corrected chi connectivity index (χ3v) is 4.21. The van der Waals surface area contributed by atoms with Gasteiger partial charge in [-0.25, -0.2) is 4.39 Å². The van der Waals surface area contributed by atoms with Gasteiger partial charge in [0.1, 0.15) is 19.0 Å². The van der Waals surface area contributed by atoms with E-state index in [2.05, 4.69) is 10.3 Å². The van der Waals surface area contributed by atoms with Crippen LogP contribution in [0.2, 0.25) is 0 Å². The number of benzene rings is 2. The molecule has 2 aromatic rings. The summed E-state index contributed by atoms with van der Waals surface area (Å²) in [4.78, 5) is 6.18. The number of nitrogens with one attached hydrogen (secondary N) is 1. The Kier molecular flexibility index (Phi) is 7.87. The molecule has 2 aromatic carbocycles. The van der Waals surface area contributed by atoms with Gasteiger partial charge in [-0.15, -0.1) is 24.0 Å². The zero-order valence-electron chi connectivity index (χ0n) is 15.7. The number of nitriles is 1. The molecule has 0 bridgehead atoms. The van der Waals surface area contributed by atoms with Crippen LogP contribution >= 0.6 is 24.0 Å². The lowest BCUT2D eigenvalue weighted by molar-refractivity contribution is 0.171. The summed E-state index contributed by atoms with van der Waals surface area (Å²) in [5.74, 6) is 1.76. The van der Waals surface area contributed by atoms with Gasteiger partial charge in [-0.05, 0) is 35.9 Å². The van der Waals surface area contributed by atoms with E-state index in [0.717, 1.165) is 17.1 Å². The molecule has 0 atom stereocenters. The topological polar surface area (TPSA) is 69.9 Å². The maximum Gasteiger partial charge on any atom is 0.193 e. The standard InChI is InChI=1S/C20H21FN4O2.HI/c1-23-20(24-12-16-9-14(11-22)3-5-17(16)21)25(2)13-15-4-6-18-19(10-15)27-8-7-26-18;/h3-6,9-10H,7-8,12-13H2,1-2H3,(H,23,24);1H. The summed E-state index contributed by atoms with van der Waals surface area (Å²) in [6.45, 7) is 1.94. The highest BCUT2D eigenvalue weighted by atomic mass is 127. The van der Waals surface area contributed by atoms with Gasteiger partial charge in [0.05, 0.1) is 11.6 Å². The fraction of sp³-hybridized carbons (Fsp3) is 0.300. The molecular weight excluding hydrogens is 474 g/mol. The highest BCUT2D eigenvalue weighted by molar-refractivity contribution is 14.0. The first-order chi connectivity index (χ1) is 13.1. The van der Waals surface area contributed by atoms with Crippen molar-refractivity contribution in [3.05, 3.63) is 58.9 Å². The number of ether oxygens (including phenoxy) is 2. The lowest BCUT2D eigenvalue weighted by Crippen LogP contribution is -2.38. The molecule has 8 heteroatoms. The minimum Gasteiger partial charge on any atom is -0.486 e. The Morgan fingerprint density at radius 3 is 2.68 bits per heavy atom. The number of rotatable bonds is 4. The first-order valence-electron chi connectivity index (χ1n) is 8.59. The molecule has 1 heterocycles. The van der Waals surface area contributed by atoms with Crippen molar-refractivity contribution in [2.24, 2.45) is 4.99 Å². The van der Waals surface area contributed by atoms with Crippen LogP contribution in [0.5, 0.6) is 11.5 Å². The Balaban J connectivity index is 0.00000280. The lowest BCUT2D eigenvalue weighted by Gasteiger charge is -2.24. The lowest BCUT2D eigenvalue weighted by atomic mass is 10.1. The number of hydrogen-bond donors (Lipinski definition) is 1. The molecule has 3 rings (SSSR count). The van der Waals surface area contributed by atoms with Crippen molar-refractivity contribution in [1.82, 2.24) is 10.2 Å². The third-order valence-electron chi connectivity index (χ3n) is 4.21. The molecule has 0 unspecified atom stereocenters. The van der Waals surface area contributed by atoms with Gasteiger partial charge in [-0.2, -0.15) is 5.26 Å². The third kappa shape index (κ3) is 5.25. The van der Waals surface area contributed by atoms with Gasteiger partial charge in [0.2, 0.25) is 0 Å².